The Morgan fingerprint density at radius 2 is 2.12 bits per heavy atom. The van der Waals surface area contributed by atoms with E-state index in [2.05, 4.69) is 15.7 Å². The number of nitrogens with zero attached hydrogens (tertiary/aromatic N) is 2. The second-order valence-electron chi connectivity index (χ2n) is 6.00. The number of urea groups is 1. The summed E-state index contributed by atoms with van der Waals surface area (Å²) in [6.07, 6.45) is 4.07. The predicted octanol–water partition coefficient (Wildman–Crippen LogP) is 1.95. The van der Waals surface area contributed by atoms with E-state index in [-0.39, 0.29) is 11.6 Å². The van der Waals surface area contributed by atoms with Crippen molar-refractivity contribution >= 4 is 11.7 Å². The monoisotopic (exact) mass is 342 g/mol. The number of fused-ring (bicyclic) bond motifs is 1. The van der Waals surface area contributed by atoms with Gasteiger partial charge in [0.2, 0.25) is 0 Å². The zero-order chi connectivity index (χ0) is 17.6. The molecule has 1 aromatic heterocycles. The number of hydrogen-bond donors (Lipinski definition) is 2. The van der Waals surface area contributed by atoms with Crippen molar-refractivity contribution in [1.29, 1.82) is 0 Å². The summed E-state index contributed by atoms with van der Waals surface area (Å²) >= 11 is 0. The molecule has 0 spiro atoms. The van der Waals surface area contributed by atoms with Gasteiger partial charge in [0.1, 0.15) is 5.75 Å². The fourth-order valence-electron chi connectivity index (χ4n) is 2.91. The van der Waals surface area contributed by atoms with Crippen molar-refractivity contribution in [2.24, 2.45) is 0 Å². The lowest BCUT2D eigenvalue weighted by molar-refractivity contribution is 0.251. The van der Waals surface area contributed by atoms with Gasteiger partial charge in [0, 0.05) is 24.4 Å². The van der Waals surface area contributed by atoms with Crippen molar-refractivity contribution in [3.8, 4) is 5.75 Å². The Kier molecular flexibility index (Phi) is 5.33. The summed E-state index contributed by atoms with van der Waals surface area (Å²) in [6.45, 7) is 0.666. The molecular weight excluding hydrogens is 320 g/mol. The number of ether oxygens (including phenoxy) is 1. The van der Waals surface area contributed by atoms with Crippen molar-refractivity contribution in [1.82, 2.24) is 15.1 Å². The van der Waals surface area contributed by atoms with E-state index in [0.29, 0.717) is 24.5 Å². The molecular formula is C18H22N4O3. The van der Waals surface area contributed by atoms with Crippen LogP contribution < -0.4 is 20.9 Å². The minimum Gasteiger partial charge on any atom is -0.497 e. The molecule has 2 aromatic rings. The van der Waals surface area contributed by atoms with Crippen LogP contribution in [-0.4, -0.2) is 29.5 Å². The second kappa shape index (κ2) is 7.83. The summed E-state index contributed by atoms with van der Waals surface area (Å²) in [5, 5.41) is 9.90. The average Bonchev–Trinajstić information content (AvgIpc) is 2.62. The normalized spacial score (nSPS) is 13.0. The van der Waals surface area contributed by atoms with E-state index < -0.39 is 0 Å². The van der Waals surface area contributed by atoms with Crippen molar-refractivity contribution in [3.63, 3.8) is 0 Å². The van der Waals surface area contributed by atoms with E-state index in [1.807, 2.05) is 0 Å². The Hall–Kier alpha value is -2.83. The molecule has 7 nitrogen and oxygen atoms in total. The van der Waals surface area contributed by atoms with Gasteiger partial charge in [-0.3, -0.25) is 4.79 Å². The van der Waals surface area contributed by atoms with E-state index in [4.69, 9.17) is 4.74 Å². The van der Waals surface area contributed by atoms with Crippen LogP contribution in [0, 0.1) is 0 Å². The van der Waals surface area contributed by atoms with Crippen LogP contribution in [0.3, 0.4) is 0 Å². The lowest BCUT2D eigenvalue weighted by Gasteiger charge is -2.16. The van der Waals surface area contributed by atoms with E-state index in [9.17, 15) is 9.59 Å². The van der Waals surface area contributed by atoms with Crippen LogP contribution in [0.1, 0.15) is 24.1 Å². The van der Waals surface area contributed by atoms with Crippen molar-refractivity contribution in [2.45, 2.75) is 32.2 Å². The topological polar surface area (TPSA) is 85.2 Å². The molecule has 1 aliphatic rings. The maximum absolute atomic E-state index is 12.1. The highest BCUT2D eigenvalue weighted by Gasteiger charge is 2.13. The number of aromatic nitrogens is 2. The first kappa shape index (κ1) is 17.0. The van der Waals surface area contributed by atoms with E-state index in [1.54, 1.807) is 37.4 Å². The average molecular weight is 342 g/mol. The number of aryl methyl sites for hydroxylation is 2. The first-order chi connectivity index (χ1) is 12.2. The molecule has 7 heteroatoms. The van der Waals surface area contributed by atoms with Gasteiger partial charge in [0.15, 0.2) is 0 Å². The van der Waals surface area contributed by atoms with Gasteiger partial charge in [-0.25, -0.2) is 9.48 Å². The number of nitrogens with one attached hydrogen (secondary N) is 2. The highest BCUT2D eigenvalue weighted by Crippen LogP contribution is 2.17. The van der Waals surface area contributed by atoms with Crippen LogP contribution in [-0.2, 0) is 19.4 Å². The fraction of sp³-hybridized carbons (Fsp3) is 0.389. The zero-order valence-corrected chi connectivity index (χ0v) is 14.2. The molecule has 0 radical (unpaired) electrons. The third-order valence-electron chi connectivity index (χ3n) is 4.21. The molecule has 0 fully saturated rings. The molecule has 1 heterocycles. The van der Waals surface area contributed by atoms with Crippen LogP contribution in [0.5, 0.6) is 5.75 Å². The first-order valence-corrected chi connectivity index (χ1v) is 8.44. The second-order valence-corrected chi connectivity index (χ2v) is 6.00. The number of carbonyl (C=O) groups excluding carboxylic acids is 1. The van der Waals surface area contributed by atoms with E-state index in [1.165, 1.54) is 4.68 Å². The first-order valence-electron chi connectivity index (χ1n) is 8.44. The Balaban J connectivity index is 1.54. The van der Waals surface area contributed by atoms with Gasteiger partial charge in [-0.05, 0) is 43.4 Å². The maximum Gasteiger partial charge on any atom is 0.319 e. The number of carbonyl (C=O) groups is 1. The highest BCUT2D eigenvalue weighted by molar-refractivity contribution is 5.89. The number of rotatable bonds is 5. The molecule has 0 atom stereocenters. The number of hydrogen-bond acceptors (Lipinski definition) is 4. The van der Waals surface area contributed by atoms with E-state index in [0.717, 1.165) is 36.9 Å². The molecule has 0 saturated carbocycles. The van der Waals surface area contributed by atoms with Gasteiger partial charge < -0.3 is 15.4 Å². The number of amides is 2. The standard InChI is InChI=1S/C18H22N4O3/c1-25-15-7-4-6-14(12-15)20-18(24)19-9-10-22-17(23)11-13-5-2-3-8-16(13)21-22/h4,6-7,11-12H,2-3,5,8-10H2,1H3,(H2,19,20,24). The summed E-state index contributed by atoms with van der Waals surface area (Å²) in [6, 6.07) is 8.45. The number of methoxy groups -OCH3 is 1. The van der Waals surface area contributed by atoms with Crippen LogP contribution in [0.2, 0.25) is 0 Å². The Labute approximate surface area is 146 Å². The Bertz CT molecular complexity index is 816. The Morgan fingerprint density at radius 1 is 1.28 bits per heavy atom. The maximum atomic E-state index is 12.1. The van der Waals surface area contributed by atoms with Crippen LogP contribution >= 0.6 is 0 Å². The number of benzene rings is 1. The minimum atomic E-state index is -0.334. The lowest BCUT2D eigenvalue weighted by Crippen LogP contribution is -2.35. The van der Waals surface area contributed by atoms with Crippen molar-refractivity contribution in [3.05, 3.63) is 51.9 Å². The molecule has 0 aliphatic heterocycles. The van der Waals surface area contributed by atoms with Gasteiger partial charge in [-0.2, -0.15) is 5.10 Å². The summed E-state index contributed by atoms with van der Waals surface area (Å²) in [5.41, 5.74) is 2.60. The molecule has 3 rings (SSSR count). The smallest absolute Gasteiger partial charge is 0.319 e. The third-order valence-corrected chi connectivity index (χ3v) is 4.21. The summed E-state index contributed by atoms with van der Waals surface area (Å²) in [7, 11) is 1.57. The molecule has 2 amide bonds. The summed E-state index contributed by atoms with van der Waals surface area (Å²) in [5.74, 6) is 0.669. The highest BCUT2D eigenvalue weighted by atomic mass is 16.5. The molecule has 0 unspecified atom stereocenters. The van der Waals surface area contributed by atoms with Crippen LogP contribution in [0.15, 0.2) is 35.1 Å². The minimum absolute atomic E-state index is 0.115. The number of anilines is 1. The van der Waals surface area contributed by atoms with Crippen LogP contribution in [0.4, 0.5) is 10.5 Å². The SMILES string of the molecule is COc1cccc(NC(=O)NCCn2nc3c(cc2=O)CCCC3)c1. The van der Waals surface area contributed by atoms with Gasteiger partial charge in [-0.15, -0.1) is 0 Å². The van der Waals surface area contributed by atoms with Crippen molar-refractivity contribution < 1.29 is 9.53 Å². The van der Waals surface area contributed by atoms with Gasteiger partial charge in [0.25, 0.3) is 5.56 Å². The third kappa shape index (κ3) is 4.37. The molecule has 1 aliphatic carbocycles. The summed E-state index contributed by atoms with van der Waals surface area (Å²) < 4.78 is 6.54. The zero-order valence-electron chi connectivity index (χ0n) is 14.2. The quantitative estimate of drug-likeness (QED) is 0.870. The van der Waals surface area contributed by atoms with E-state index >= 15 is 0 Å². The fourth-order valence-corrected chi connectivity index (χ4v) is 2.91. The van der Waals surface area contributed by atoms with Gasteiger partial charge in [0.05, 0.1) is 19.3 Å². The molecule has 0 bridgehead atoms. The van der Waals surface area contributed by atoms with Gasteiger partial charge in [-0.1, -0.05) is 6.07 Å². The molecule has 2 N–H and O–H groups in total. The molecule has 1 aromatic carbocycles. The largest absolute Gasteiger partial charge is 0.497 e. The lowest BCUT2D eigenvalue weighted by atomic mass is 9.97. The van der Waals surface area contributed by atoms with Gasteiger partial charge >= 0.3 is 6.03 Å². The molecule has 0 saturated heterocycles. The van der Waals surface area contributed by atoms with Crippen LogP contribution in [0.25, 0.3) is 0 Å². The Morgan fingerprint density at radius 3 is 2.96 bits per heavy atom. The molecule has 25 heavy (non-hydrogen) atoms. The molecule has 132 valence electrons. The summed E-state index contributed by atoms with van der Waals surface area (Å²) in [4.78, 5) is 24.0. The van der Waals surface area contributed by atoms with Crippen molar-refractivity contribution in [2.75, 3.05) is 19.0 Å². The predicted molar refractivity (Wildman–Crippen MR) is 95.2 cm³/mol.